The van der Waals surface area contributed by atoms with Crippen molar-refractivity contribution in [1.82, 2.24) is 4.57 Å². The molecule has 0 radical (unpaired) electrons. The molecule has 0 bridgehead atoms. The van der Waals surface area contributed by atoms with Gasteiger partial charge < -0.3 is 19.6 Å². The summed E-state index contributed by atoms with van der Waals surface area (Å²) in [6, 6.07) is 14.5. The number of carbonyl (C=O) groups excluding carboxylic acids is 1. The Hall–Kier alpha value is -1.76. The minimum Gasteiger partial charge on any atom is -0.542 e. The largest absolute Gasteiger partial charge is 1.00 e. The van der Waals surface area contributed by atoms with Gasteiger partial charge in [-0.25, -0.2) is 4.39 Å². The third-order valence-electron chi connectivity index (χ3n) is 4.91. The number of hydrogen-bond acceptors (Lipinski definition) is 3. The van der Waals surface area contributed by atoms with Gasteiger partial charge >= 0.3 is 29.6 Å². The van der Waals surface area contributed by atoms with Gasteiger partial charge in [0, 0.05) is 40.7 Å². The Balaban J connectivity index is 0.00000320. The van der Waals surface area contributed by atoms with Crippen LogP contribution in [0.15, 0.2) is 54.6 Å². The first-order valence-corrected chi connectivity index (χ1v) is 9.70. The number of aliphatic hydroxyl groups excluding tert-OH is 2. The standard InChI is InChI=1S/C24H25FNO3.Na/c1-16(2)26-22-6-4-3-5-21(22)24(17-7-9-18(25)10-8-17)23(26)12-11-19(28)15-20(29)13-14-27;/h3-12,16,19-20,28-29H,13,15H2,1-2H3;/q-1;+1/b12-11+;/t19-,20+;/m1./s1. The van der Waals surface area contributed by atoms with Gasteiger partial charge in [-0.1, -0.05) is 36.4 Å². The first kappa shape index (κ1) is 24.5. The van der Waals surface area contributed by atoms with Gasteiger partial charge in [-0.05, 0) is 43.7 Å². The van der Waals surface area contributed by atoms with Gasteiger partial charge in [0.2, 0.25) is 0 Å². The molecule has 0 spiro atoms. The number of rotatable bonds is 8. The molecule has 1 heterocycles. The third-order valence-corrected chi connectivity index (χ3v) is 4.91. The van der Waals surface area contributed by atoms with E-state index in [1.54, 1.807) is 24.5 Å². The smallest absolute Gasteiger partial charge is 0.542 e. The zero-order chi connectivity index (χ0) is 21.0. The molecule has 1 aromatic heterocycles. The van der Waals surface area contributed by atoms with E-state index in [2.05, 4.69) is 18.4 Å². The van der Waals surface area contributed by atoms with E-state index in [1.165, 1.54) is 12.1 Å². The molecule has 3 aromatic rings. The third kappa shape index (κ3) is 5.48. The number of nitrogens with zero attached hydrogens (tertiary/aromatic N) is 1. The molecule has 0 aliphatic rings. The van der Waals surface area contributed by atoms with Crippen molar-refractivity contribution in [3.05, 3.63) is 66.1 Å². The fraction of sp³-hybridized carbons (Fsp3) is 0.292. The predicted molar refractivity (Wildman–Crippen MR) is 114 cm³/mol. The molecule has 30 heavy (non-hydrogen) atoms. The van der Waals surface area contributed by atoms with Crippen LogP contribution >= 0.6 is 0 Å². The summed E-state index contributed by atoms with van der Waals surface area (Å²) in [5.41, 5.74) is 3.78. The van der Waals surface area contributed by atoms with Gasteiger partial charge in [0.25, 0.3) is 0 Å². The molecule has 2 atom stereocenters. The van der Waals surface area contributed by atoms with E-state index in [4.69, 9.17) is 0 Å². The predicted octanol–water partition coefficient (Wildman–Crippen LogP) is 1.66. The summed E-state index contributed by atoms with van der Waals surface area (Å²) in [7, 11) is 0. The van der Waals surface area contributed by atoms with E-state index in [-0.39, 0.29) is 54.3 Å². The Morgan fingerprint density at radius 3 is 2.40 bits per heavy atom. The average Bonchev–Trinajstić information content (AvgIpc) is 3.01. The molecule has 152 valence electrons. The van der Waals surface area contributed by atoms with E-state index < -0.39 is 12.2 Å². The molecular formula is C24H25FNNaO3. The molecule has 0 saturated heterocycles. The summed E-state index contributed by atoms with van der Waals surface area (Å²) in [6.45, 7) is 4.16. The Bertz CT molecular complexity index is 1010. The Labute approximate surface area is 198 Å². The second-order valence-corrected chi connectivity index (χ2v) is 7.41. The van der Waals surface area contributed by atoms with Crippen LogP contribution in [0.25, 0.3) is 28.1 Å². The number of aliphatic hydroxyl groups is 2. The summed E-state index contributed by atoms with van der Waals surface area (Å²) in [5.74, 6) is -0.296. The molecule has 6 heteroatoms. The molecular weight excluding hydrogens is 392 g/mol. The SMILES string of the molecule is CC(C)n1c(/C=C/[C@@H](O)C[C@@H](O)C[C-]=O)c(-c2ccc(F)cc2)c2ccccc21.[Na+]. The molecule has 3 rings (SSSR count). The van der Waals surface area contributed by atoms with Crippen LogP contribution < -0.4 is 29.6 Å². The van der Waals surface area contributed by atoms with Crippen molar-refractivity contribution in [2.75, 3.05) is 0 Å². The van der Waals surface area contributed by atoms with Crippen molar-refractivity contribution in [3.8, 4) is 11.1 Å². The van der Waals surface area contributed by atoms with Gasteiger partial charge in [0.1, 0.15) is 5.82 Å². The number of halogens is 1. The molecule has 0 fully saturated rings. The van der Waals surface area contributed by atoms with Crippen LogP contribution in [0.2, 0.25) is 0 Å². The van der Waals surface area contributed by atoms with Crippen LogP contribution in [0, 0.1) is 5.82 Å². The van der Waals surface area contributed by atoms with Crippen molar-refractivity contribution >= 4 is 23.3 Å². The van der Waals surface area contributed by atoms with Crippen LogP contribution in [-0.4, -0.2) is 33.3 Å². The zero-order valence-electron chi connectivity index (χ0n) is 17.5. The van der Waals surface area contributed by atoms with E-state index in [0.29, 0.717) is 0 Å². The topological polar surface area (TPSA) is 62.5 Å². The summed E-state index contributed by atoms with van der Waals surface area (Å²) in [5, 5.41) is 21.0. The normalized spacial score (nSPS) is 13.5. The summed E-state index contributed by atoms with van der Waals surface area (Å²) in [6.07, 6.45) is 3.20. The van der Waals surface area contributed by atoms with E-state index in [9.17, 15) is 19.4 Å². The monoisotopic (exact) mass is 417 g/mol. The quantitative estimate of drug-likeness (QED) is 0.433. The molecule has 2 aromatic carbocycles. The maximum Gasteiger partial charge on any atom is 1.00 e. The Kier molecular flexibility index (Phi) is 9.01. The van der Waals surface area contributed by atoms with Crippen molar-refractivity contribution < 1.29 is 49.0 Å². The minimum absolute atomic E-state index is 0. The number of para-hydroxylation sites is 1. The van der Waals surface area contributed by atoms with Crippen LogP contribution in [-0.2, 0) is 4.79 Å². The molecule has 0 aliphatic carbocycles. The molecule has 2 N–H and O–H groups in total. The summed E-state index contributed by atoms with van der Waals surface area (Å²) in [4.78, 5) is 10.4. The number of fused-ring (bicyclic) bond motifs is 1. The van der Waals surface area contributed by atoms with E-state index in [1.807, 2.05) is 30.3 Å². The molecule has 0 saturated carbocycles. The van der Waals surface area contributed by atoms with Crippen molar-refractivity contribution in [2.45, 2.75) is 44.9 Å². The van der Waals surface area contributed by atoms with Crippen molar-refractivity contribution in [2.24, 2.45) is 0 Å². The average molecular weight is 417 g/mol. The Morgan fingerprint density at radius 2 is 1.77 bits per heavy atom. The summed E-state index contributed by atoms with van der Waals surface area (Å²) < 4.78 is 15.7. The number of hydrogen-bond donors (Lipinski definition) is 2. The maximum absolute atomic E-state index is 13.5. The second kappa shape index (κ2) is 11.0. The fourth-order valence-electron chi connectivity index (χ4n) is 3.66. The van der Waals surface area contributed by atoms with Gasteiger partial charge in [0.15, 0.2) is 0 Å². The maximum atomic E-state index is 13.5. The van der Waals surface area contributed by atoms with Crippen molar-refractivity contribution in [3.63, 3.8) is 0 Å². The van der Waals surface area contributed by atoms with Gasteiger partial charge in [-0.15, -0.1) is 6.42 Å². The molecule has 4 nitrogen and oxygen atoms in total. The van der Waals surface area contributed by atoms with E-state index in [0.717, 1.165) is 27.7 Å². The molecule has 0 unspecified atom stereocenters. The first-order chi connectivity index (χ1) is 13.9. The first-order valence-electron chi connectivity index (χ1n) is 9.70. The van der Waals surface area contributed by atoms with Gasteiger partial charge in [0.05, 0.1) is 6.10 Å². The van der Waals surface area contributed by atoms with Crippen molar-refractivity contribution in [1.29, 1.82) is 0 Å². The number of benzene rings is 2. The fourth-order valence-corrected chi connectivity index (χ4v) is 3.66. The summed E-state index contributed by atoms with van der Waals surface area (Å²) >= 11 is 0. The van der Waals surface area contributed by atoms with E-state index >= 15 is 0 Å². The van der Waals surface area contributed by atoms with Crippen LogP contribution in [0.5, 0.6) is 0 Å². The number of aromatic nitrogens is 1. The Morgan fingerprint density at radius 1 is 1.10 bits per heavy atom. The molecule has 0 amide bonds. The van der Waals surface area contributed by atoms with Crippen LogP contribution in [0.3, 0.4) is 0 Å². The minimum atomic E-state index is -0.931. The van der Waals surface area contributed by atoms with Crippen LogP contribution in [0.1, 0.15) is 38.4 Å². The zero-order valence-corrected chi connectivity index (χ0v) is 19.5. The second-order valence-electron chi connectivity index (χ2n) is 7.41. The molecule has 0 aliphatic heterocycles. The van der Waals surface area contributed by atoms with Gasteiger partial charge in [-0.3, -0.25) is 6.29 Å². The van der Waals surface area contributed by atoms with Crippen LogP contribution in [0.4, 0.5) is 4.39 Å². The van der Waals surface area contributed by atoms with Gasteiger partial charge in [-0.2, -0.15) is 0 Å².